The van der Waals surface area contributed by atoms with Gasteiger partial charge in [0.2, 0.25) is 5.91 Å². The Morgan fingerprint density at radius 1 is 1.10 bits per heavy atom. The first-order valence-electron chi connectivity index (χ1n) is 9.40. The Labute approximate surface area is 179 Å². The quantitative estimate of drug-likeness (QED) is 0.574. The van der Waals surface area contributed by atoms with Gasteiger partial charge in [-0.15, -0.1) is 0 Å². The zero-order valence-corrected chi connectivity index (χ0v) is 17.7. The van der Waals surface area contributed by atoms with Crippen molar-refractivity contribution < 1.29 is 18.0 Å². The molecule has 1 aliphatic heterocycles. The Balaban J connectivity index is 1.68. The molecule has 1 aliphatic rings. The van der Waals surface area contributed by atoms with Gasteiger partial charge >= 0.3 is 6.18 Å². The largest absolute Gasteiger partial charge is 0.433 e. The van der Waals surface area contributed by atoms with Gasteiger partial charge in [0.1, 0.15) is 0 Å². The highest BCUT2D eigenvalue weighted by molar-refractivity contribution is 9.10. The normalized spacial score (nSPS) is 15.7. The molecule has 0 N–H and O–H groups in total. The lowest BCUT2D eigenvalue weighted by Gasteiger charge is -2.32. The fraction of sp³-hybridized carbons (Fsp3) is 0.350. The van der Waals surface area contributed by atoms with Gasteiger partial charge in [-0.2, -0.15) is 18.3 Å². The molecule has 0 bridgehead atoms. The number of hydrogen-bond donors (Lipinski definition) is 0. The zero-order chi connectivity index (χ0) is 21.5. The monoisotopic (exact) mass is 481 g/mol. The summed E-state index contributed by atoms with van der Waals surface area (Å²) in [5.41, 5.74) is 0.152. The molecule has 158 valence electrons. The number of alkyl halides is 3. The molecule has 1 saturated heterocycles. The third-order valence-corrected chi connectivity index (χ3v) is 5.63. The highest BCUT2D eigenvalue weighted by atomic mass is 79.9. The van der Waals surface area contributed by atoms with Gasteiger partial charge in [-0.05, 0) is 25.2 Å². The minimum absolute atomic E-state index is 0.0576. The van der Waals surface area contributed by atoms with Crippen molar-refractivity contribution in [1.82, 2.24) is 24.4 Å². The van der Waals surface area contributed by atoms with Crippen LogP contribution in [0.25, 0.3) is 16.9 Å². The summed E-state index contributed by atoms with van der Waals surface area (Å²) in [6.45, 7) is 2.74. The van der Waals surface area contributed by atoms with Crippen LogP contribution < -0.4 is 0 Å². The van der Waals surface area contributed by atoms with Crippen molar-refractivity contribution in [2.45, 2.75) is 12.6 Å². The molecule has 1 aromatic carbocycles. The van der Waals surface area contributed by atoms with Crippen molar-refractivity contribution in [3.05, 3.63) is 52.3 Å². The number of carbonyl (C=O) groups excluding carboxylic acids is 1. The van der Waals surface area contributed by atoms with Gasteiger partial charge in [-0.1, -0.05) is 28.1 Å². The van der Waals surface area contributed by atoms with Crippen LogP contribution in [-0.2, 0) is 17.4 Å². The lowest BCUT2D eigenvalue weighted by Crippen LogP contribution is -2.47. The molecule has 0 saturated carbocycles. The molecule has 6 nitrogen and oxygen atoms in total. The van der Waals surface area contributed by atoms with Crippen molar-refractivity contribution in [2.75, 3.05) is 33.2 Å². The molecule has 2 aromatic heterocycles. The molecular weight excluding hydrogens is 463 g/mol. The van der Waals surface area contributed by atoms with Crippen LogP contribution in [0.1, 0.15) is 11.4 Å². The fourth-order valence-corrected chi connectivity index (χ4v) is 3.67. The molecule has 30 heavy (non-hydrogen) atoms. The van der Waals surface area contributed by atoms with Gasteiger partial charge < -0.3 is 9.80 Å². The third kappa shape index (κ3) is 4.34. The van der Waals surface area contributed by atoms with Crippen LogP contribution in [0.3, 0.4) is 0 Å². The van der Waals surface area contributed by atoms with Gasteiger partial charge in [-0.25, -0.2) is 9.50 Å². The molecule has 0 radical (unpaired) electrons. The van der Waals surface area contributed by atoms with E-state index in [0.717, 1.165) is 28.1 Å². The van der Waals surface area contributed by atoms with Gasteiger partial charge in [0.25, 0.3) is 0 Å². The zero-order valence-electron chi connectivity index (χ0n) is 16.2. The maximum Gasteiger partial charge on any atom is 0.433 e. The average Bonchev–Trinajstić information content (AvgIpc) is 3.09. The number of nitrogens with zero attached hydrogens (tertiary/aromatic N) is 5. The van der Waals surface area contributed by atoms with E-state index in [9.17, 15) is 18.0 Å². The van der Waals surface area contributed by atoms with E-state index in [-0.39, 0.29) is 29.4 Å². The molecule has 0 unspecified atom stereocenters. The summed E-state index contributed by atoms with van der Waals surface area (Å²) < 4.78 is 42.7. The van der Waals surface area contributed by atoms with E-state index in [4.69, 9.17) is 0 Å². The summed E-state index contributed by atoms with van der Waals surface area (Å²) in [5.74, 6) is -0.145. The second kappa shape index (κ2) is 7.99. The van der Waals surface area contributed by atoms with Gasteiger partial charge in [0, 0.05) is 42.3 Å². The lowest BCUT2D eigenvalue weighted by molar-refractivity contribution is -0.142. The van der Waals surface area contributed by atoms with Crippen LogP contribution in [0, 0.1) is 0 Å². The van der Waals surface area contributed by atoms with Crippen molar-refractivity contribution >= 4 is 27.5 Å². The molecule has 10 heteroatoms. The maximum atomic E-state index is 13.7. The molecule has 3 heterocycles. The summed E-state index contributed by atoms with van der Waals surface area (Å²) in [4.78, 5) is 20.8. The van der Waals surface area contributed by atoms with E-state index in [1.807, 2.05) is 7.05 Å². The molecule has 3 aromatic rings. The molecular formula is C20H19BrF3N5O. The summed E-state index contributed by atoms with van der Waals surface area (Å²) in [5, 5.41) is 4.05. The molecule has 1 fully saturated rings. The summed E-state index contributed by atoms with van der Waals surface area (Å²) >= 11 is 3.31. The van der Waals surface area contributed by atoms with Crippen molar-refractivity contribution in [3.63, 3.8) is 0 Å². The molecule has 0 aliphatic carbocycles. The van der Waals surface area contributed by atoms with Crippen LogP contribution in [0.15, 0.2) is 40.9 Å². The molecule has 4 rings (SSSR count). The topological polar surface area (TPSA) is 53.7 Å². The summed E-state index contributed by atoms with van der Waals surface area (Å²) in [6, 6.07) is 9.30. The van der Waals surface area contributed by atoms with Crippen LogP contribution in [0.4, 0.5) is 13.2 Å². The van der Waals surface area contributed by atoms with Gasteiger partial charge in [0.15, 0.2) is 11.3 Å². The number of amides is 1. The van der Waals surface area contributed by atoms with E-state index in [1.54, 1.807) is 29.2 Å². The Kier molecular flexibility index (Phi) is 5.54. The highest BCUT2D eigenvalue weighted by Crippen LogP contribution is 2.32. The minimum atomic E-state index is -4.62. The Hall–Kier alpha value is -2.46. The first-order valence-corrected chi connectivity index (χ1v) is 10.2. The van der Waals surface area contributed by atoms with Crippen molar-refractivity contribution in [2.24, 2.45) is 0 Å². The number of halogens is 4. The molecule has 1 amide bonds. The second-order valence-corrected chi connectivity index (χ2v) is 8.21. The number of fused-ring (bicyclic) bond motifs is 1. The Morgan fingerprint density at radius 3 is 2.40 bits per heavy atom. The molecule has 0 atom stereocenters. The number of likely N-dealkylation sites (N-methyl/N-ethyl adjacent to an activating group) is 1. The predicted octanol–water partition coefficient (Wildman–Crippen LogP) is 3.49. The fourth-order valence-electron chi connectivity index (χ4n) is 3.40. The van der Waals surface area contributed by atoms with Crippen molar-refractivity contribution in [3.8, 4) is 11.3 Å². The van der Waals surface area contributed by atoms with E-state index in [0.29, 0.717) is 18.7 Å². The number of hydrogen-bond acceptors (Lipinski definition) is 4. The average molecular weight is 482 g/mol. The Bertz CT molecular complexity index is 1070. The standard InChI is InChI=1S/C20H19BrF3N5O/c1-27-6-8-28(9-7-27)19(30)11-15-10-18-25-16(13-2-4-14(21)5-3-13)12-17(20(22,23)24)29(18)26-15/h2-5,10,12H,6-9,11H2,1H3. The van der Waals surface area contributed by atoms with Crippen LogP contribution in [0.5, 0.6) is 0 Å². The summed E-state index contributed by atoms with van der Waals surface area (Å²) in [6.07, 6.45) is -4.67. The predicted molar refractivity (Wildman–Crippen MR) is 109 cm³/mol. The van der Waals surface area contributed by atoms with E-state index >= 15 is 0 Å². The molecule has 0 spiro atoms. The number of rotatable bonds is 3. The van der Waals surface area contributed by atoms with E-state index in [1.165, 1.54) is 6.07 Å². The summed E-state index contributed by atoms with van der Waals surface area (Å²) in [7, 11) is 1.98. The minimum Gasteiger partial charge on any atom is -0.340 e. The number of benzene rings is 1. The van der Waals surface area contributed by atoms with E-state index < -0.39 is 11.9 Å². The number of piperazine rings is 1. The highest BCUT2D eigenvalue weighted by Gasteiger charge is 2.35. The van der Waals surface area contributed by atoms with Crippen molar-refractivity contribution in [1.29, 1.82) is 0 Å². The second-order valence-electron chi connectivity index (χ2n) is 7.30. The van der Waals surface area contributed by atoms with Crippen LogP contribution in [0.2, 0.25) is 0 Å². The first-order chi connectivity index (χ1) is 14.2. The third-order valence-electron chi connectivity index (χ3n) is 5.10. The Morgan fingerprint density at radius 2 is 1.77 bits per heavy atom. The van der Waals surface area contributed by atoms with Gasteiger partial charge in [0.05, 0.1) is 17.8 Å². The van der Waals surface area contributed by atoms with Gasteiger partial charge in [-0.3, -0.25) is 4.79 Å². The smallest absolute Gasteiger partial charge is 0.340 e. The number of carbonyl (C=O) groups is 1. The first kappa shape index (κ1) is 20.8. The van der Waals surface area contributed by atoms with Crippen LogP contribution >= 0.6 is 15.9 Å². The maximum absolute atomic E-state index is 13.7. The SMILES string of the molecule is CN1CCN(C(=O)Cc2cc3nc(-c4ccc(Br)cc4)cc(C(F)(F)F)n3n2)CC1. The van der Waals surface area contributed by atoms with E-state index in [2.05, 4.69) is 30.9 Å². The van der Waals surface area contributed by atoms with Crippen LogP contribution in [-0.4, -0.2) is 63.5 Å². The lowest BCUT2D eigenvalue weighted by atomic mass is 10.1. The number of aromatic nitrogens is 3.